The average Bonchev–Trinajstić information content (AvgIpc) is 3.24. The van der Waals surface area contributed by atoms with E-state index in [0.29, 0.717) is 26.2 Å². The number of ketones is 1. The fourth-order valence-corrected chi connectivity index (χ4v) is 4.52. The number of aryl methyl sites for hydroxylation is 1. The number of carbonyl (C=O) groups excluding carboxylic acids is 2. The Morgan fingerprint density at radius 2 is 2.07 bits per heavy atom. The number of halogens is 1. The van der Waals surface area contributed by atoms with Crippen molar-refractivity contribution < 1.29 is 18.7 Å². The lowest BCUT2D eigenvalue weighted by Gasteiger charge is -2.06. The van der Waals surface area contributed by atoms with E-state index < -0.39 is 5.97 Å². The second-order valence-corrected chi connectivity index (χ2v) is 9.00. The average molecular weight is 489 g/mol. The summed E-state index contributed by atoms with van der Waals surface area (Å²) in [6, 6.07) is 7.09. The second kappa shape index (κ2) is 7.81. The third-order valence-corrected chi connectivity index (χ3v) is 6.19. The molecular formula is C21H17BrN2O5S. The van der Waals surface area contributed by atoms with E-state index in [0.717, 1.165) is 21.2 Å². The Balaban J connectivity index is 1.68. The van der Waals surface area contributed by atoms with E-state index in [-0.39, 0.29) is 29.8 Å². The zero-order valence-corrected chi connectivity index (χ0v) is 18.8. The Morgan fingerprint density at radius 3 is 2.80 bits per heavy atom. The summed E-state index contributed by atoms with van der Waals surface area (Å²) in [5.41, 5.74) is 0.711. The van der Waals surface area contributed by atoms with Gasteiger partial charge in [-0.15, -0.1) is 11.3 Å². The minimum absolute atomic E-state index is 0.165. The number of benzene rings is 1. The molecule has 0 aliphatic carbocycles. The first-order valence-corrected chi connectivity index (χ1v) is 10.8. The Labute approximate surface area is 183 Å². The van der Waals surface area contributed by atoms with Crippen LogP contribution < -0.4 is 5.56 Å². The van der Waals surface area contributed by atoms with Crippen LogP contribution in [0.25, 0.3) is 21.2 Å². The fraction of sp³-hybridized carbons (Fsp3) is 0.238. The lowest BCUT2D eigenvalue weighted by molar-refractivity contribution is 0.0383. The van der Waals surface area contributed by atoms with Gasteiger partial charge in [-0.05, 0) is 50.6 Å². The van der Waals surface area contributed by atoms with E-state index >= 15 is 0 Å². The summed E-state index contributed by atoms with van der Waals surface area (Å²) in [6.07, 6.45) is 1.05. The lowest BCUT2D eigenvalue weighted by atomic mass is 10.2. The van der Waals surface area contributed by atoms with Crippen LogP contribution in [0.5, 0.6) is 0 Å². The van der Waals surface area contributed by atoms with Crippen LogP contribution in [0.1, 0.15) is 39.6 Å². The molecule has 7 nitrogen and oxygen atoms in total. The maximum Gasteiger partial charge on any atom is 0.348 e. The number of hydrogen-bond acceptors (Lipinski definition) is 7. The molecule has 4 aromatic rings. The predicted molar refractivity (Wildman–Crippen MR) is 117 cm³/mol. The second-order valence-electron chi connectivity index (χ2n) is 7.08. The van der Waals surface area contributed by atoms with Gasteiger partial charge in [-0.1, -0.05) is 15.9 Å². The first-order chi connectivity index (χ1) is 14.2. The van der Waals surface area contributed by atoms with Crippen molar-refractivity contribution in [1.82, 2.24) is 9.55 Å². The van der Waals surface area contributed by atoms with Gasteiger partial charge in [-0.3, -0.25) is 14.2 Å². The maximum atomic E-state index is 13.0. The van der Waals surface area contributed by atoms with Crippen molar-refractivity contribution in [2.75, 3.05) is 0 Å². The number of hydrogen-bond donors (Lipinski definition) is 0. The van der Waals surface area contributed by atoms with Gasteiger partial charge < -0.3 is 9.15 Å². The molecule has 0 unspecified atom stereocenters. The van der Waals surface area contributed by atoms with Crippen molar-refractivity contribution in [2.45, 2.75) is 33.4 Å². The van der Waals surface area contributed by atoms with Crippen molar-refractivity contribution in [3.05, 3.63) is 61.6 Å². The summed E-state index contributed by atoms with van der Waals surface area (Å²) in [6.45, 7) is 4.98. The minimum atomic E-state index is -0.485. The number of thiophene rings is 1. The van der Waals surface area contributed by atoms with Crippen LogP contribution in [-0.4, -0.2) is 27.4 Å². The molecule has 0 amide bonds. The molecule has 3 aromatic heterocycles. The van der Waals surface area contributed by atoms with Crippen molar-refractivity contribution >= 4 is 60.2 Å². The van der Waals surface area contributed by atoms with Gasteiger partial charge in [0, 0.05) is 9.86 Å². The van der Waals surface area contributed by atoms with Gasteiger partial charge in [0.2, 0.25) is 5.78 Å². The largest absolute Gasteiger partial charge is 0.459 e. The highest BCUT2D eigenvalue weighted by Crippen LogP contribution is 2.28. The number of rotatable bonds is 5. The van der Waals surface area contributed by atoms with Crippen molar-refractivity contribution in [3.8, 4) is 0 Å². The first-order valence-electron chi connectivity index (χ1n) is 9.16. The number of nitrogens with zero attached hydrogens (tertiary/aromatic N) is 2. The summed E-state index contributed by atoms with van der Waals surface area (Å²) >= 11 is 4.49. The zero-order valence-electron chi connectivity index (χ0n) is 16.4. The highest BCUT2D eigenvalue weighted by atomic mass is 79.9. The van der Waals surface area contributed by atoms with Gasteiger partial charge in [0.05, 0.1) is 24.4 Å². The summed E-state index contributed by atoms with van der Waals surface area (Å²) in [4.78, 5) is 43.0. The monoisotopic (exact) mass is 488 g/mol. The molecule has 0 saturated heterocycles. The summed E-state index contributed by atoms with van der Waals surface area (Å²) in [7, 11) is 0. The maximum absolute atomic E-state index is 13.0. The summed E-state index contributed by atoms with van der Waals surface area (Å²) < 4.78 is 13.0. The third kappa shape index (κ3) is 3.70. The fourth-order valence-electron chi connectivity index (χ4n) is 3.12. The van der Waals surface area contributed by atoms with Gasteiger partial charge in [-0.25, -0.2) is 9.78 Å². The molecule has 0 radical (unpaired) electrons. The molecule has 1 aromatic carbocycles. The number of furan rings is 1. The molecule has 0 saturated carbocycles. The van der Waals surface area contributed by atoms with Crippen LogP contribution in [0.2, 0.25) is 0 Å². The molecular weight excluding hydrogens is 472 g/mol. The van der Waals surface area contributed by atoms with Crippen molar-refractivity contribution in [1.29, 1.82) is 0 Å². The van der Waals surface area contributed by atoms with E-state index in [1.807, 2.05) is 12.1 Å². The quantitative estimate of drug-likeness (QED) is 0.298. The summed E-state index contributed by atoms with van der Waals surface area (Å²) in [5.74, 6) is -0.669. The minimum Gasteiger partial charge on any atom is -0.459 e. The molecule has 0 spiro atoms. The van der Waals surface area contributed by atoms with Crippen LogP contribution in [-0.2, 0) is 11.3 Å². The molecule has 0 atom stereocenters. The van der Waals surface area contributed by atoms with E-state index in [1.165, 1.54) is 10.9 Å². The normalized spacial score (nSPS) is 11.5. The Bertz CT molecular complexity index is 1370. The highest BCUT2D eigenvalue weighted by Gasteiger charge is 2.22. The van der Waals surface area contributed by atoms with Gasteiger partial charge in [0.25, 0.3) is 5.56 Å². The van der Waals surface area contributed by atoms with Crippen molar-refractivity contribution in [2.24, 2.45) is 0 Å². The van der Waals surface area contributed by atoms with Gasteiger partial charge in [0.1, 0.15) is 15.3 Å². The lowest BCUT2D eigenvalue weighted by Crippen LogP contribution is -2.24. The molecule has 0 aliphatic heterocycles. The van der Waals surface area contributed by atoms with Crippen LogP contribution in [0, 0.1) is 6.92 Å². The Morgan fingerprint density at radius 1 is 1.30 bits per heavy atom. The van der Waals surface area contributed by atoms with E-state index in [9.17, 15) is 14.4 Å². The molecule has 3 heterocycles. The van der Waals surface area contributed by atoms with Crippen LogP contribution in [0.4, 0.5) is 0 Å². The number of Topliss-reactive ketones (excluding diaryl/α,β-unsaturated/α-hetero) is 1. The van der Waals surface area contributed by atoms with Crippen LogP contribution >= 0.6 is 27.3 Å². The molecule has 0 bridgehead atoms. The molecule has 0 N–H and O–H groups in total. The molecule has 30 heavy (non-hydrogen) atoms. The van der Waals surface area contributed by atoms with E-state index in [4.69, 9.17) is 9.15 Å². The van der Waals surface area contributed by atoms with E-state index in [1.54, 1.807) is 32.9 Å². The van der Waals surface area contributed by atoms with Crippen molar-refractivity contribution in [3.63, 3.8) is 0 Å². The molecule has 154 valence electrons. The van der Waals surface area contributed by atoms with Crippen LogP contribution in [0.15, 0.2) is 44.3 Å². The van der Waals surface area contributed by atoms with Gasteiger partial charge in [0.15, 0.2) is 5.76 Å². The number of fused-ring (bicyclic) bond motifs is 2. The Hall–Kier alpha value is -2.78. The van der Waals surface area contributed by atoms with Crippen LogP contribution in [0.3, 0.4) is 0 Å². The molecule has 4 rings (SSSR count). The molecule has 0 fully saturated rings. The van der Waals surface area contributed by atoms with Gasteiger partial charge >= 0.3 is 5.97 Å². The number of esters is 1. The topological polar surface area (TPSA) is 91.4 Å². The number of carbonyl (C=O) groups is 2. The number of aromatic nitrogens is 2. The smallest absolute Gasteiger partial charge is 0.348 e. The number of ether oxygens (including phenoxy) is 1. The van der Waals surface area contributed by atoms with Gasteiger partial charge in [-0.2, -0.15) is 0 Å². The summed E-state index contributed by atoms with van der Waals surface area (Å²) in [5, 5.41) is 1.11. The zero-order chi connectivity index (χ0) is 21.6. The molecule has 0 aliphatic rings. The standard InChI is InChI=1S/C21H17BrN2O5S/c1-10(2)28-21(27)18-11(3)17-19(30-18)23-9-24(20(17)26)8-14(25)16-7-12-6-13(22)4-5-15(12)29-16/h4-7,9-10H,8H2,1-3H3. The first kappa shape index (κ1) is 20.5. The predicted octanol–water partition coefficient (Wildman–Crippen LogP) is 4.72. The highest BCUT2D eigenvalue weighted by molar-refractivity contribution is 9.10. The Kier molecular flexibility index (Phi) is 5.33. The third-order valence-electron chi connectivity index (χ3n) is 4.51. The molecule has 9 heteroatoms. The SMILES string of the molecule is Cc1c(C(=O)OC(C)C)sc2ncn(CC(=O)c3cc4cc(Br)ccc4o3)c(=O)c12. The van der Waals surface area contributed by atoms with E-state index in [2.05, 4.69) is 20.9 Å².